The maximum atomic E-state index is 13.3. The van der Waals surface area contributed by atoms with Crippen molar-refractivity contribution < 1.29 is 9.47 Å². The Labute approximate surface area is 211 Å². The molecule has 0 saturated heterocycles. The molecule has 6 rings (SSSR count). The van der Waals surface area contributed by atoms with E-state index in [1.165, 1.54) is 25.7 Å². The van der Waals surface area contributed by atoms with Gasteiger partial charge in [0.25, 0.3) is 5.56 Å². The number of pyridine rings is 1. The van der Waals surface area contributed by atoms with Crippen molar-refractivity contribution in [2.75, 3.05) is 13.2 Å². The van der Waals surface area contributed by atoms with E-state index in [0.29, 0.717) is 37.6 Å². The van der Waals surface area contributed by atoms with Gasteiger partial charge in [-0.05, 0) is 54.7 Å². The van der Waals surface area contributed by atoms with Crippen molar-refractivity contribution in [2.24, 2.45) is 0 Å². The molecule has 2 saturated carbocycles. The molecule has 2 aliphatic carbocycles. The minimum atomic E-state index is -0.0483. The van der Waals surface area contributed by atoms with Crippen LogP contribution in [0.3, 0.4) is 0 Å². The van der Waals surface area contributed by atoms with E-state index in [2.05, 4.69) is 37.0 Å². The molecule has 3 aromatic rings. The van der Waals surface area contributed by atoms with E-state index in [0.717, 1.165) is 66.6 Å². The zero-order valence-electron chi connectivity index (χ0n) is 21.1. The van der Waals surface area contributed by atoms with Crippen molar-refractivity contribution in [3.05, 3.63) is 39.9 Å². The maximum absolute atomic E-state index is 13.3. The molecule has 9 nitrogen and oxygen atoms in total. The molecular formula is C27H36N6O3. The molecule has 1 aromatic carbocycles. The van der Waals surface area contributed by atoms with Gasteiger partial charge in [-0.1, -0.05) is 39.0 Å². The second-order valence-electron chi connectivity index (χ2n) is 10.5. The van der Waals surface area contributed by atoms with Crippen molar-refractivity contribution in [1.82, 2.24) is 30.1 Å². The van der Waals surface area contributed by atoms with Crippen LogP contribution in [0, 0.1) is 0 Å². The largest absolute Gasteiger partial charge is 0.486 e. The Hall–Kier alpha value is -2.94. The molecule has 0 spiro atoms. The molecule has 3 heterocycles. The van der Waals surface area contributed by atoms with Crippen LogP contribution in [0.15, 0.2) is 23.0 Å². The van der Waals surface area contributed by atoms with E-state index >= 15 is 0 Å². The van der Waals surface area contributed by atoms with Gasteiger partial charge in [-0.15, -0.1) is 5.10 Å². The number of aromatic amines is 1. The molecule has 0 bridgehead atoms. The molecule has 3 aliphatic rings. The number of nitrogens with one attached hydrogen (secondary N) is 1. The Morgan fingerprint density at radius 2 is 1.78 bits per heavy atom. The third-order valence-electron chi connectivity index (χ3n) is 8.18. The van der Waals surface area contributed by atoms with Crippen LogP contribution in [-0.2, 0) is 6.54 Å². The van der Waals surface area contributed by atoms with Gasteiger partial charge in [0.2, 0.25) is 0 Å². The second kappa shape index (κ2) is 10.2. The number of ether oxygens (including phenoxy) is 2. The topological polar surface area (TPSA) is 98.2 Å². The van der Waals surface area contributed by atoms with Gasteiger partial charge in [-0.3, -0.25) is 9.69 Å². The van der Waals surface area contributed by atoms with Gasteiger partial charge in [0.15, 0.2) is 17.3 Å². The second-order valence-corrected chi connectivity index (χ2v) is 10.5. The number of rotatable bonds is 8. The van der Waals surface area contributed by atoms with Gasteiger partial charge in [-0.25, -0.2) is 4.68 Å². The fourth-order valence-electron chi connectivity index (χ4n) is 6.38. The molecule has 1 N–H and O–H groups in total. The van der Waals surface area contributed by atoms with Crippen molar-refractivity contribution >= 4 is 10.9 Å². The van der Waals surface area contributed by atoms with Gasteiger partial charge in [0, 0.05) is 29.6 Å². The number of H-pyrrole nitrogens is 1. The third-order valence-corrected chi connectivity index (χ3v) is 8.18. The molecule has 1 aliphatic heterocycles. The summed E-state index contributed by atoms with van der Waals surface area (Å²) in [6, 6.07) is 6.77. The normalized spacial score (nSPS) is 19.5. The zero-order valence-corrected chi connectivity index (χ0v) is 21.1. The lowest BCUT2D eigenvalue weighted by Crippen LogP contribution is -2.39. The van der Waals surface area contributed by atoms with Crippen LogP contribution in [-0.4, -0.2) is 49.3 Å². The predicted molar refractivity (Wildman–Crippen MR) is 136 cm³/mol. The van der Waals surface area contributed by atoms with E-state index in [-0.39, 0.29) is 11.6 Å². The summed E-state index contributed by atoms with van der Waals surface area (Å²) in [5.41, 5.74) is 1.50. The standard InChI is InChI=1S/C27H36N6O3/c1-2-7-23(26-29-30-31-33(26)21-10-5-6-11-21)32(20-8-3-4-9-20)17-19-14-18-15-24-25(36-13-12-35-24)16-22(18)28-27(19)34/h14-16,20-21,23H,2-13,17H2,1H3,(H,28,34). The number of hydrogen-bond acceptors (Lipinski definition) is 7. The van der Waals surface area contributed by atoms with Crippen molar-refractivity contribution in [2.45, 2.75) is 95.8 Å². The van der Waals surface area contributed by atoms with Crippen molar-refractivity contribution in [3.63, 3.8) is 0 Å². The Balaban J connectivity index is 1.37. The monoisotopic (exact) mass is 492 g/mol. The van der Waals surface area contributed by atoms with Crippen LogP contribution >= 0.6 is 0 Å². The Morgan fingerprint density at radius 1 is 1.06 bits per heavy atom. The number of benzene rings is 1. The summed E-state index contributed by atoms with van der Waals surface area (Å²) in [6.45, 7) is 3.86. The molecule has 2 fully saturated rings. The van der Waals surface area contributed by atoms with Crippen LogP contribution in [0.5, 0.6) is 11.5 Å². The van der Waals surface area contributed by atoms with E-state index in [1.54, 1.807) is 0 Å². The first-order chi connectivity index (χ1) is 17.7. The van der Waals surface area contributed by atoms with Gasteiger partial charge in [-0.2, -0.15) is 0 Å². The molecule has 0 radical (unpaired) electrons. The van der Waals surface area contributed by atoms with E-state index in [9.17, 15) is 4.79 Å². The first-order valence-corrected chi connectivity index (χ1v) is 13.7. The van der Waals surface area contributed by atoms with Crippen molar-refractivity contribution in [3.8, 4) is 11.5 Å². The first-order valence-electron chi connectivity index (χ1n) is 13.7. The molecule has 9 heteroatoms. The smallest absolute Gasteiger partial charge is 0.252 e. The maximum Gasteiger partial charge on any atom is 0.252 e. The molecule has 36 heavy (non-hydrogen) atoms. The fraction of sp³-hybridized carbons (Fsp3) is 0.630. The lowest BCUT2D eigenvalue weighted by Gasteiger charge is -2.36. The average Bonchev–Trinajstić information content (AvgIpc) is 3.68. The van der Waals surface area contributed by atoms with Crippen LogP contribution in [0.1, 0.15) is 94.6 Å². The fourth-order valence-corrected chi connectivity index (χ4v) is 6.38. The highest BCUT2D eigenvalue weighted by Gasteiger charge is 2.35. The lowest BCUT2D eigenvalue weighted by atomic mass is 10.0. The summed E-state index contributed by atoms with van der Waals surface area (Å²) in [5, 5.41) is 14.1. The molecule has 1 atom stereocenters. The van der Waals surface area contributed by atoms with Crippen molar-refractivity contribution in [1.29, 1.82) is 0 Å². The van der Waals surface area contributed by atoms with Gasteiger partial charge in [0.05, 0.1) is 17.6 Å². The van der Waals surface area contributed by atoms with Gasteiger partial charge in [0.1, 0.15) is 13.2 Å². The van der Waals surface area contributed by atoms with E-state index in [1.807, 2.05) is 18.2 Å². The number of nitrogens with zero attached hydrogens (tertiary/aromatic N) is 5. The summed E-state index contributed by atoms with van der Waals surface area (Å²) < 4.78 is 13.6. The zero-order chi connectivity index (χ0) is 24.5. The average molecular weight is 493 g/mol. The summed E-state index contributed by atoms with van der Waals surface area (Å²) in [4.78, 5) is 18.9. The number of aromatic nitrogens is 5. The highest BCUT2D eigenvalue weighted by Crippen LogP contribution is 2.38. The van der Waals surface area contributed by atoms with Gasteiger partial charge >= 0.3 is 0 Å². The number of hydrogen-bond donors (Lipinski definition) is 1. The Kier molecular flexibility index (Phi) is 6.65. The molecule has 0 amide bonds. The number of fused-ring (bicyclic) bond motifs is 2. The summed E-state index contributed by atoms with van der Waals surface area (Å²) in [7, 11) is 0. The van der Waals surface area contributed by atoms with E-state index in [4.69, 9.17) is 9.47 Å². The SMILES string of the molecule is CCCC(c1nnnn1C1CCCC1)N(Cc1cc2cc3c(cc2[nH]c1=O)OCCO3)C1CCCC1. The Bertz CT molecular complexity index is 1260. The lowest BCUT2D eigenvalue weighted by molar-refractivity contribution is 0.106. The quantitative estimate of drug-likeness (QED) is 0.487. The van der Waals surface area contributed by atoms with Gasteiger partial charge < -0.3 is 14.5 Å². The first kappa shape index (κ1) is 23.5. The van der Waals surface area contributed by atoms with E-state index < -0.39 is 0 Å². The Morgan fingerprint density at radius 3 is 2.53 bits per heavy atom. The highest BCUT2D eigenvalue weighted by molar-refractivity contribution is 5.83. The van der Waals surface area contributed by atoms with Crippen LogP contribution in [0.4, 0.5) is 0 Å². The highest BCUT2D eigenvalue weighted by atomic mass is 16.6. The molecule has 1 unspecified atom stereocenters. The minimum absolute atomic E-state index is 0.0483. The molecule has 192 valence electrons. The number of tetrazole rings is 1. The van der Waals surface area contributed by atoms with Crippen LogP contribution in [0.2, 0.25) is 0 Å². The van der Waals surface area contributed by atoms with Crippen LogP contribution in [0.25, 0.3) is 10.9 Å². The summed E-state index contributed by atoms with van der Waals surface area (Å²) in [6.07, 6.45) is 11.5. The molecule has 2 aromatic heterocycles. The third kappa shape index (κ3) is 4.49. The predicted octanol–water partition coefficient (Wildman–Crippen LogP) is 4.69. The summed E-state index contributed by atoms with van der Waals surface area (Å²) >= 11 is 0. The molecular weight excluding hydrogens is 456 g/mol. The minimum Gasteiger partial charge on any atom is -0.486 e. The van der Waals surface area contributed by atoms with Crippen LogP contribution < -0.4 is 15.0 Å². The summed E-state index contributed by atoms with van der Waals surface area (Å²) in [5.74, 6) is 2.39.